The van der Waals surface area contributed by atoms with Gasteiger partial charge in [0.25, 0.3) is 5.91 Å². The second-order valence-corrected chi connectivity index (χ2v) is 6.45. The number of hydrogen-bond donors (Lipinski definition) is 1. The summed E-state index contributed by atoms with van der Waals surface area (Å²) in [5.74, 6) is 1.29. The van der Waals surface area contributed by atoms with Crippen LogP contribution < -0.4 is 19.5 Å². The number of para-hydroxylation sites is 1. The number of amides is 1. The number of ether oxygens (including phenoxy) is 3. The molecule has 0 unspecified atom stereocenters. The Hall–Kier alpha value is -3.80. The molecular formula is C24H23NO5. The van der Waals surface area contributed by atoms with E-state index in [4.69, 9.17) is 14.2 Å². The molecule has 0 fully saturated rings. The molecule has 3 rings (SSSR count). The van der Waals surface area contributed by atoms with Gasteiger partial charge in [-0.25, -0.2) is 0 Å². The fraction of sp³-hybridized carbons (Fsp3) is 0.167. The zero-order chi connectivity index (χ0) is 21.2. The van der Waals surface area contributed by atoms with E-state index in [-0.39, 0.29) is 18.3 Å². The highest BCUT2D eigenvalue weighted by Crippen LogP contribution is 2.18. The minimum Gasteiger partial charge on any atom is -0.497 e. The van der Waals surface area contributed by atoms with Gasteiger partial charge in [-0.1, -0.05) is 18.2 Å². The van der Waals surface area contributed by atoms with Crippen molar-refractivity contribution in [2.75, 3.05) is 19.0 Å². The maximum Gasteiger partial charge on any atom is 0.311 e. The van der Waals surface area contributed by atoms with Crippen LogP contribution in [0.15, 0.2) is 78.9 Å². The van der Waals surface area contributed by atoms with Gasteiger partial charge in [0, 0.05) is 17.7 Å². The zero-order valence-electron chi connectivity index (χ0n) is 16.7. The van der Waals surface area contributed by atoms with E-state index < -0.39 is 0 Å². The van der Waals surface area contributed by atoms with E-state index >= 15 is 0 Å². The van der Waals surface area contributed by atoms with Crippen LogP contribution in [0.4, 0.5) is 5.69 Å². The summed E-state index contributed by atoms with van der Waals surface area (Å²) in [6, 6.07) is 22.9. The molecule has 0 aliphatic carbocycles. The van der Waals surface area contributed by atoms with Crippen LogP contribution in [0.1, 0.15) is 23.2 Å². The molecule has 1 N–H and O–H groups in total. The molecule has 0 aliphatic rings. The molecule has 0 aliphatic heterocycles. The van der Waals surface area contributed by atoms with E-state index in [2.05, 4.69) is 5.32 Å². The monoisotopic (exact) mass is 405 g/mol. The Morgan fingerprint density at radius 2 is 1.43 bits per heavy atom. The summed E-state index contributed by atoms with van der Waals surface area (Å²) < 4.78 is 16.0. The minimum atomic E-state index is -0.352. The van der Waals surface area contributed by atoms with Crippen LogP contribution in [0.25, 0.3) is 0 Å². The summed E-state index contributed by atoms with van der Waals surface area (Å²) in [7, 11) is 1.61. The van der Waals surface area contributed by atoms with Crippen molar-refractivity contribution >= 4 is 17.6 Å². The lowest BCUT2D eigenvalue weighted by atomic mass is 10.2. The van der Waals surface area contributed by atoms with Gasteiger partial charge in [0.05, 0.1) is 13.7 Å². The molecule has 0 bridgehead atoms. The Labute approximate surface area is 175 Å². The lowest BCUT2D eigenvalue weighted by Crippen LogP contribution is -2.12. The summed E-state index contributed by atoms with van der Waals surface area (Å²) >= 11 is 0. The molecule has 1 amide bonds. The predicted octanol–water partition coefficient (Wildman–Crippen LogP) is 4.71. The van der Waals surface area contributed by atoms with Gasteiger partial charge in [-0.3, -0.25) is 9.59 Å². The Morgan fingerprint density at radius 1 is 0.800 bits per heavy atom. The average Bonchev–Trinajstić information content (AvgIpc) is 2.78. The first-order valence-electron chi connectivity index (χ1n) is 9.58. The van der Waals surface area contributed by atoms with Crippen LogP contribution in [-0.4, -0.2) is 25.6 Å². The molecule has 0 saturated carbocycles. The first-order chi connectivity index (χ1) is 14.6. The lowest BCUT2D eigenvalue weighted by molar-refractivity contribution is -0.134. The summed E-state index contributed by atoms with van der Waals surface area (Å²) in [5.41, 5.74) is 1.20. The van der Waals surface area contributed by atoms with Crippen LogP contribution in [0.5, 0.6) is 17.2 Å². The third kappa shape index (κ3) is 6.38. The van der Waals surface area contributed by atoms with Crippen molar-refractivity contribution < 1.29 is 23.8 Å². The SMILES string of the molecule is COc1ccc(OCCCC(=O)Oc2ccc(C(=O)Nc3ccccc3)cc2)cc1. The number of anilines is 1. The fourth-order valence-corrected chi connectivity index (χ4v) is 2.66. The van der Waals surface area contributed by atoms with E-state index in [1.54, 1.807) is 31.4 Å². The molecule has 0 saturated heterocycles. The van der Waals surface area contributed by atoms with Gasteiger partial charge in [-0.2, -0.15) is 0 Å². The van der Waals surface area contributed by atoms with Crippen molar-refractivity contribution in [3.63, 3.8) is 0 Å². The molecule has 0 radical (unpaired) electrons. The topological polar surface area (TPSA) is 73.9 Å². The van der Waals surface area contributed by atoms with E-state index in [1.165, 1.54) is 0 Å². The molecule has 6 nitrogen and oxygen atoms in total. The number of nitrogens with one attached hydrogen (secondary N) is 1. The van der Waals surface area contributed by atoms with Crippen LogP contribution in [0, 0.1) is 0 Å². The van der Waals surface area contributed by atoms with Crippen LogP contribution in [-0.2, 0) is 4.79 Å². The standard InChI is InChI=1S/C24H23NO5/c1-28-20-13-15-21(16-14-20)29-17-5-8-23(26)30-22-11-9-18(10-12-22)24(27)25-19-6-3-2-4-7-19/h2-4,6-7,9-16H,5,8,17H2,1H3,(H,25,27). The number of methoxy groups -OCH3 is 1. The molecule has 3 aromatic carbocycles. The normalized spacial score (nSPS) is 10.2. The highest BCUT2D eigenvalue weighted by atomic mass is 16.5. The van der Waals surface area contributed by atoms with Crippen molar-refractivity contribution in [3.8, 4) is 17.2 Å². The maximum atomic E-state index is 12.2. The predicted molar refractivity (Wildman–Crippen MR) is 114 cm³/mol. The van der Waals surface area contributed by atoms with Gasteiger partial charge < -0.3 is 19.5 Å². The number of rotatable bonds is 9. The molecule has 154 valence electrons. The average molecular weight is 405 g/mol. The van der Waals surface area contributed by atoms with Crippen molar-refractivity contribution in [2.45, 2.75) is 12.8 Å². The molecular weight excluding hydrogens is 382 g/mol. The smallest absolute Gasteiger partial charge is 0.311 e. The van der Waals surface area contributed by atoms with Crippen molar-refractivity contribution in [3.05, 3.63) is 84.4 Å². The molecule has 6 heteroatoms. The molecule has 0 atom stereocenters. The van der Waals surface area contributed by atoms with E-state index in [0.717, 1.165) is 11.4 Å². The Bertz CT molecular complexity index is 953. The number of benzene rings is 3. The van der Waals surface area contributed by atoms with E-state index in [9.17, 15) is 9.59 Å². The molecule has 0 heterocycles. The highest BCUT2D eigenvalue weighted by molar-refractivity contribution is 6.04. The number of esters is 1. The van der Waals surface area contributed by atoms with Crippen molar-refractivity contribution in [2.24, 2.45) is 0 Å². The minimum absolute atomic E-state index is 0.227. The molecule has 3 aromatic rings. The third-order valence-corrected chi connectivity index (χ3v) is 4.23. The molecule has 30 heavy (non-hydrogen) atoms. The highest BCUT2D eigenvalue weighted by Gasteiger charge is 2.09. The Kier molecular flexibility index (Phi) is 7.44. The molecule has 0 spiro atoms. The number of carbonyl (C=O) groups excluding carboxylic acids is 2. The summed E-state index contributed by atoms with van der Waals surface area (Å²) in [6.45, 7) is 0.403. The summed E-state index contributed by atoms with van der Waals surface area (Å²) in [4.78, 5) is 24.2. The van der Waals surface area contributed by atoms with Gasteiger partial charge in [-0.05, 0) is 67.1 Å². The maximum absolute atomic E-state index is 12.2. The second kappa shape index (κ2) is 10.7. The first kappa shape index (κ1) is 20.9. The van der Waals surface area contributed by atoms with E-state index in [1.807, 2.05) is 54.6 Å². The lowest BCUT2D eigenvalue weighted by Gasteiger charge is -2.08. The number of hydrogen-bond acceptors (Lipinski definition) is 5. The van der Waals surface area contributed by atoms with Crippen molar-refractivity contribution in [1.29, 1.82) is 0 Å². The van der Waals surface area contributed by atoms with Crippen LogP contribution in [0.3, 0.4) is 0 Å². The van der Waals surface area contributed by atoms with Crippen molar-refractivity contribution in [1.82, 2.24) is 0 Å². The van der Waals surface area contributed by atoms with Crippen LogP contribution >= 0.6 is 0 Å². The van der Waals surface area contributed by atoms with Gasteiger partial charge in [0.15, 0.2) is 0 Å². The Balaban J connectivity index is 1.40. The largest absolute Gasteiger partial charge is 0.497 e. The van der Waals surface area contributed by atoms with Gasteiger partial charge in [0.1, 0.15) is 17.2 Å². The fourth-order valence-electron chi connectivity index (χ4n) is 2.66. The quantitative estimate of drug-likeness (QED) is 0.317. The van der Waals surface area contributed by atoms with Gasteiger partial charge in [0.2, 0.25) is 0 Å². The third-order valence-electron chi connectivity index (χ3n) is 4.23. The summed E-state index contributed by atoms with van der Waals surface area (Å²) in [5, 5.41) is 2.81. The zero-order valence-corrected chi connectivity index (χ0v) is 16.7. The first-order valence-corrected chi connectivity index (χ1v) is 9.58. The molecule has 0 aromatic heterocycles. The van der Waals surface area contributed by atoms with Gasteiger partial charge >= 0.3 is 5.97 Å². The second-order valence-electron chi connectivity index (χ2n) is 6.45. The van der Waals surface area contributed by atoms with Crippen LogP contribution in [0.2, 0.25) is 0 Å². The number of carbonyl (C=O) groups is 2. The summed E-state index contributed by atoms with van der Waals surface area (Å²) in [6.07, 6.45) is 0.759. The van der Waals surface area contributed by atoms with E-state index in [0.29, 0.717) is 30.1 Å². The van der Waals surface area contributed by atoms with Gasteiger partial charge in [-0.15, -0.1) is 0 Å². The Morgan fingerprint density at radius 3 is 2.10 bits per heavy atom.